The number of nitrogens with zero attached hydrogens (tertiary/aromatic N) is 1. The van der Waals surface area contributed by atoms with E-state index in [1.165, 1.54) is 0 Å². The maximum absolute atomic E-state index is 14.3. The molecule has 1 rings (SSSR count). The Kier molecular flexibility index (Phi) is 5.44. The molecule has 0 aliphatic rings. The van der Waals surface area contributed by atoms with Gasteiger partial charge in [0, 0.05) is 36.3 Å². The first kappa shape index (κ1) is 16.4. The summed E-state index contributed by atoms with van der Waals surface area (Å²) in [5, 5.41) is 6.09. The topological polar surface area (TPSA) is 80.0 Å². The van der Waals surface area contributed by atoms with Gasteiger partial charge in [-0.15, -0.1) is 0 Å². The first-order valence-corrected chi connectivity index (χ1v) is 6.62. The standard InChI is InChI=1S/C14H23FN4O/c1-9(7-11(16)20)19-13-12(15)10(5-6-17-13)8-18-14(2,3)4/h5-6,9,18H,7-8H2,1-4H3,(H2,16,20)(H,17,19). The molecule has 0 spiro atoms. The number of nitrogens with one attached hydrogen (secondary N) is 2. The number of halogens is 1. The molecule has 20 heavy (non-hydrogen) atoms. The molecule has 0 aliphatic heterocycles. The predicted octanol–water partition coefficient (Wildman–Crippen LogP) is 1.78. The van der Waals surface area contributed by atoms with E-state index in [0.717, 1.165) is 0 Å². The van der Waals surface area contributed by atoms with Crippen LogP contribution < -0.4 is 16.4 Å². The highest BCUT2D eigenvalue weighted by Crippen LogP contribution is 2.17. The van der Waals surface area contributed by atoms with Gasteiger partial charge in [-0.3, -0.25) is 4.79 Å². The Hall–Kier alpha value is -1.69. The number of amides is 1. The molecule has 6 heteroatoms. The highest BCUT2D eigenvalue weighted by molar-refractivity contribution is 5.74. The highest BCUT2D eigenvalue weighted by atomic mass is 19.1. The molecule has 112 valence electrons. The molecule has 1 atom stereocenters. The minimum Gasteiger partial charge on any atom is -0.370 e. The zero-order valence-electron chi connectivity index (χ0n) is 12.5. The van der Waals surface area contributed by atoms with E-state index in [9.17, 15) is 9.18 Å². The molecule has 1 unspecified atom stereocenters. The molecule has 0 aliphatic carbocycles. The monoisotopic (exact) mass is 282 g/mol. The summed E-state index contributed by atoms with van der Waals surface area (Å²) in [7, 11) is 0. The van der Waals surface area contributed by atoms with Gasteiger partial charge < -0.3 is 16.4 Å². The van der Waals surface area contributed by atoms with Crippen molar-refractivity contribution in [3.63, 3.8) is 0 Å². The number of aromatic nitrogens is 1. The van der Waals surface area contributed by atoms with Crippen LogP contribution >= 0.6 is 0 Å². The van der Waals surface area contributed by atoms with E-state index in [4.69, 9.17) is 5.73 Å². The van der Waals surface area contributed by atoms with Crippen LogP contribution in [0, 0.1) is 5.82 Å². The molecule has 1 aromatic rings. The van der Waals surface area contributed by atoms with Crippen LogP contribution in [0.3, 0.4) is 0 Å². The average Bonchev–Trinajstić information content (AvgIpc) is 2.28. The molecule has 1 heterocycles. The second-order valence-electron chi connectivity index (χ2n) is 5.95. The lowest BCUT2D eigenvalue weighted by Crippen LogP contribution is -2.35. The summed E-state index contributed by atoms with van der Waals surface area (Å²) in [5.41, 5.74) is 5.54. The molecular formula is C14H23FN4O. The van der Waals surface area contributed by atoms with Gasteiger partial charge in [0.2, 0.25) is 5.91 Å². The normalized spacial score (nSPS) is 13.1. The fourth-order valence-electron chi connectivity index (χ4n) is 1.67. The number of hydrogen-bond acceptors (Lipinski definition) is 4. The van der Waals surface area contributed by atoms with Crippen molar-refractivity contribution in [3.05, 3.63) is 23.6 Å². The van der Waals surface area contributed by atoms with Crippen LogP contribution in [-0.2, 0) is 11.3 Å². The number of carbonyl (C=O) groups is 1. The summed E-state index contributed by atoms with van der Waals surface area (Å²) in [6.07, 6.45) is 1.67. The minimum absolute atomic E-state index is 0.0947. The quantitative estimate of drug-likeness (QED) is 0.743. The summed E-state index contributed by atoms with van der Waals surface area (Å²) in [6, 6.07) is 1.37. The van der Waals surface area contributed by atoms with Crippen LogP contribution in [-0.4, -0.2) is 22.5 Å². The van der Waals surface area contributed by atoms with Crippen LogP contribution in [0.2, 0.25) is 0 Å². The molecule has 0 saturated heterocycles. The molecule has 1 amide bonds. The Balaban J connectivity index is 2.76. The highest BCUT2D eigenvalue weighted by Gasteiger charge is 2.15. The van der Waals surface area contributed by atoms with Gasteiger partial charge in [-0.2, -0.15) is 0 Å². The third-order valence-corrected chi connectivity index (χ3v) is 2.67. The number of rotatable bonds is 6. The summed E-state index contributed by atoms with van der Waals surface area (Å²) in [5.74, 6) is -0.691. The SMILES string of the molecule is CC(CC(N)=O)Nc1nccc(CNC(C)(C)C)c1F. The van der Waals surface area contributed by atoms with Gasteiger partial charge in [-0.05, 0) is 33.8 Å². The van der Waals surface area contributed by atoms with Crippen LogP contribution in [0.25, 0.3) is 0 Å². The molecular weight excluding hydrogens is 259 g/mol. The molecule has 0 bridgehead atoms. The van der Waals surface area contributed by atoms with Crippen molar-refractivity contribution in [2.45, 2.75) is 52.2 Å². The van der Waals surface area contributed by atoms with Crippen LogP contribution in [0.1, 0.15) is 39.7 Å². The van der Waals surface area contributed by atoms with Gasteiger partial charge in [0.15, 0.2) is 11.6 Å². The van der Waals surface area contributed by atoms with E-state index in [1.807, 2.05) is 20.8 Å². The van der Waals surface area contributed by atoms with Crippen molar-refractivity contribution < 1.29 is 9.18 Å². The Morgan fingerprint density at radius 3 is 2.70 bits per heavy atom. The smallest absolute Gasteiger partial charge is 0.219 e. The number of hydrogen-bond donors (Lipinski definition) is 3. The fourth-order valence-corrected chi connectivity index (χ4v) is 1.67. The van der Waals surface area contributed by atoms with Crippen LogP contribution in [0.5, 0.6) is 0 Å². The Bertz CT molecular complexity index is 471. The Morgan fingerprint density at radius 2 is 2.15 bits per heavy atom. The van der Waals surface area contributed by atoms with Crippen LogP contribution in [0.15, 0.2) is 12.3 Å². The van der Waals surface area contributed by atoms with Crippen LogP contribution in [0.4, 0.5) is 10.2 Å². The van der Waals surface area contributed by atoms with Gasteiger partial charge in [-0.25, -0.2) is 9.37 Å². The van der Waals surface area contributed by atoms with Gasteiger partial charge >= 0.3 is 0 Å². The molecule has 5 nitrogen and oxygen atoms in total. The largest absolute Gasteiger partial charge is 0.370 e. The first-order chi connectivity index (χ1) is 9.19. The maximum Gasteiger partial charge on any atom is 0.219 e. The molecule has 0 radical (unpaired) electrons. The average molecular weight is 282 g/mol. The number of anilines is 1. The Labute approximate surface area is 119 Å². The molecule has 4 N–H and O–H groups in total. The lowest BCUT2D eigenvalue weighted by atomic mass is 10.1. The molecule has 0 aromatic carbocycles. The third kappa shape index (κ3) is 5.52. The van der Waals surface area contributed by atoms with Crippen molar-refractivity contribution in [1.82, 2.24) is 10.3 Å². The van der Waals surface area contributed by atoms with Crippen molar-refractivity contribution in [3.8, 4) is 0 Å². The summed E-state index contributed by atoms with van der Waals surface area (Å²) < 4.78 is 14.3. The fraction of sp³-hybridized carbons (Fsp3) is 0.571. The molecule has 0 saturated carbocycles. The van der Waals surface area contributed by atoms with E-state index in [-0.39, 0.29) is 23.8 Å². The number of nitrogens with two attached hydrogens (primary N) is 1. The molecule has 0 fully saturated rings. The first-order valence-electron chi connectivity index (χ1n) is 6.62. The lowest BCUT2D eigenvalue weighted by molar-refractivity contribution is -0.118. The van der Waals surface area contributed by atoms with Gasteiger partial charge in [-0.1, -0.05) is 0 Å². The summed E-state index contributed by atoms with van der Waals surface area (Å²) >= 11 is 0. The summed E-state index contributed by atoms with van der Waals surface area (Å²) in [6.45, 7) is 8.21. The zero-order chi connectivity index (χ0) is 15.3. The van der Waals surface area contributed by atoms with Crippen molar-refractivity contribution in [1.29, 1.82) is 0 Å². The zero-order valence-corrected chi connectivity index (χ0v) is 12.5. The van der Waals surface area contributed by atoms with Gasteiger partial charge in [0.1, 0.15) is 0 Å². The third-order valence-electron chi connectivity index (χ3n) is 2.67. The second kappa shape index (κ2) is 6.65. The van der Waals surface area contributed by atoms with Crippen molar-refractivity contribution >= 4 is 11.7 Å². The van der Waals surface area contributed by atoms with E-state index >= 15 is 0 Å². The van der Waals surface area contributed by atoms with E-state index in [1.54, 1.807) is 19.2 Å². The van der Waals surface area contributed by atoms with E-state index in [2.05, 4.69) is 15.6 Å². The van der Waals surface area contributed by atoms with Gasteiger partial charge in [0.25, 0.3) is 0 Å². The Morgan fingerprint density at radius 1 is 1.50 bits per heavy atom. The minimum atomic E-state index is -0.434. The van der Waals surface area contributed by atoms with E-state index < -0.39 is 11.7 Å². The van der Waals surface area contributed by atoms with Gasteiger partial charge in [0.05, 0.1) is 0 Å². The lowest BCUT2D eigenvalue weighted by Gasteiger charge is -2.21. The van der Waals surface area contributed by atoms with Crippen molar-refractivity contribution in [2.75, 3.05) is 5.32 Å². The second-order valence-corrected chi connectivity index (χ2v) is 5.95. The number of carbonyl (C=O) groups excluding carboxylic acids is 1. The predicted molar refractivity (Wildman–Crippen MR) is 77.7 cm³/mol. The number of primary amides is 1. The molecule has 1 aromatic heterocycles. The van der Waals surface area contributed by atoms with E-state index in [0.29, 0.717) is 12.1 Å². The van der Waals surface area contributed by atoms with Crippen molar-refractivity contribution in [2.24, 2.45) is 5.73 Å². The summed E-state index contributed by atoms with van der Waals surface area (Å²) in [4.78, 5) is 14.8. The maximum atomic E-state index is 14.3. The number of pyridine rings is 1.